The van der Waals surface area contributed by atoms with Crippen molar-refractivity contribution in [3.63, 3.8) is 0 Å². The minimum Gasteiger partial charge on any atom is -0.480 e. The minimum absolute atomic E-state index is 0.00389. The molecule has 0 aliphatic carbocycles. The molecule has 0 aromatic heterocycles. The maximum Gasteiger partial charge on any atom is 0.327 e. The minimum atomic E-state index is -0.911. The molecule has 1 aliphatic heterocycles. The van der Waals surface area contributed by atoms with Gasteiger partial charge in [0.25, 0.3) is 0 Å². The fraction of sp³-hybridized carbons (Fsp3) is 0.667. The lowest BCUT2D eigenvalue weighted by Gasteiger charge is -2.26. The predicted octanol–water partition coefficient (Wildman–Crippen LogP) is 2.11. The Bertz CT molecular complexity index is 337. The van der Waals surface area contributed by atoms with Crippen LogP contribution in [0.15, 0.2) is 11.6 Å². The number of nitrogens with zero attached hydrogens (tertiary/aromatic N) is 1. The zero-order valence-electron chi connectivity index (χ0n) is 10.5. The fourth-order valence-electron chi connectivity index (χ4n) is 1.84. The molecule has 1 N–H and O–H groups in total. The number of allylic oxidation sites excluding steroid dienone is 1. The van der Waals surface area contributed by atoms with Gasteiger partial charge in [0.05, 0.1) is 5.37 Å². The van der Waals surface area contributed by atoms with Crippen LogP contribution in [0, 0.1) is 0 Å². The monoisotopic (exact) mass is 257 g/mol. The molecule has 0 saturated carbocycles. The zero-order valence-corrected chi connectivity index (χ0v) is 11.3. The molecule has 0 bridgehead atoms. The van der Waals surface area contributed by atoms with E-state index in [0.717, 1.165) is 18.4 Å². The van der Waals surface area contributed by atoms with Gasteiger partial charge in [-0.15, -0.1) is 11.8 Å². The van der Waals surface area contributed by atoms with Gasteiger partial charge in [-0.2, -0.15) is 0 Å². The van der Waals surface area contributed by atoms with E-state index < -0.39 is 12.0 Å². The molecule has 1 saturated heterocycles. The number of hydrogen-bond donors (Lipinski definition) is 1. The maximum absolute atomic E-state index is 12.0. The molecular formula is C12H19NO3S. The Balaban J connectivity index is 2.89. The summed E-state index contributed by atoms with van der Waals surface area (Å²) in [6.07, 6.45) is 3.31. The number of hydrogen-bond acceptors (Lipinski definition) is 3. The summed E-state index contributed by atoms with van der Waals surface area (Å²) in [5.41, 5.74) is 0.895. The second-order valence-corrected chi connectivity index (χ2v) is 5.61. The van der Waals surface area contributed by atoms with Crippen LogP contribution in [-0.4, -0.2) is 39.1 Å². The van der Waals surface area contributed by atoms with Gasteiger partial charge in [0.2, 0.25) is 5.91 Å². The summed E-state index contributed by atoms with van der Waals surface area (Å²) >= 11 is 1.56. The van der Waals surface area contributed by atoms with Gasteiger partial charge in [-0.25, -0.2) is 4.79 Å². The molecule has 0 aromatic rings. The number of amides is 1. The van der Waals surface area contributed by atoms with Crippen molar-refractivity contribution in [3.05, 3.63) is 11.6 Å². The number of aliphatic carboxylic acids is 1. The van der Waals surface area contributed by atoms with E-state index in [4.69, 9.17) is 5.11 Å². The molecule has 0 radical (unpaired) electrons. The highest BCUT2D eigenvalue weighted by Gasteiger charge is 2.40. The van der Waals surface area contributed by atoms with Crippen LogP contribution in [0.4, 0.5) is 0 Å². The van der Waals surface area contributed by atoms with Crippen molar-refractivity contribution in [2.45, 2.75) is 45.0 Å². The molecule has 1 heterocycles. The smallest absolute Gasteiger partial charge is 0.327 e. The molecule has 2 atom stereocenters. The molecule has 17 heavy (non-hydrogen) atoms. The van der Waals surface area contributed by atoms with Crippen molar-refractivity contribution in [1.29, 1.82) is 0 Å². The van der Waals surface area contributed by atoms with Gasteiger partial charge in [-0.3, -0.25) is 4.79 Å². The van der Waals surface area contributed by atoms with E-state index in [1.54, 1.807) is 11.8 Å². The molecule has 1 fully saturated rings. The van der Waals surface area contributed by atoms with E-state index in [-0.39, 0.29) is 11.3 Å². The van der Waals surface area contributed by atoms with Crippen LogP contribution in [-0.2, 0) is 9.59 Å². The number of carboxylic acids is 1. The molecular weight excluding hydrogens is 238 g/mol. The van der Waals surface area contributed by atoms with Gasteiger partial charge >= 0.3 is 5.97 Å². The average Bonchev–Trinajstić information content (AvgIpc) is 2.61. The first-order chi connectivity index (χ1) is 7.97. The summed E-state index contributed by atoms with van der Waals surface area (Å²) in [6, 6.07) is -0.681. The second kappa shape index (κ2) is 6.10. The summed E-state index contributed by atoms with van der Waals surface area (Å²) in [5, 5.41) is 9.13. The molecule has 0 aromatic carbocycles. The summed E-state index contributed by atoms with van der Waals surface area (Å²) in [5.74, 6) is -0.602. The van der Waals surface area contributed by atoms with Crippen LogP contribution in [0.1, 0.15) is 33.6 Å². The first-order valence-corrected chi connectivity index (χ1v) is 6.83. The highest BCUT2D eigenvalue weighted by Crippen LogP contribution is 2.32. The number of rotatable bonds is 4. The highest BCUT2D eigenvalue weighted by atomic mass is 32.2. The Morgan fingerprint density at radius 2 is 2.12 bits per heavy atom. The van der Waals surface area contributed by atoms with Gasteiger partial charge in [0, 0.05) is 11.8 Å². The third-order valence-corrected chi connectivity index (χ3v) is 3.94. The predicted molar refractivity (Wildman–Crippen MR) is 68.9 cm³/mol. The third kappa shape index (κ3) is 3.49. The van der Waals surface area contributed by atoms with Crippen molar-refractivity contribution in [2.75, 3.05) is 5.75 Å². The molecule has 5 heteroatoms. The van der Waals surface area contributed by atoms with Crippen molar-refractivity contribution in [1.82, 2.24) is 4.90 Å². The van der Waals surface area contributed by atoms with E-state index in [2.05, 4.69) is 0 Å². The summed E-state index contributed by atoms with van der Waals surface area (Å²) in [4.78, 5) is 24.7. The van der Waals surface area contributed by atoms with Gasteiger partial charge in [0.15, 0.2) is 0 Å². The van der Waals surface area contributed by atoms with Crippen LogP contribution in [0.3, 0.4) is 0 Å². The first kappa shape index (κ1) is 14.1. The molecule has 0 spiro atoms. The Labute approximate surface area is 106 Å². The lowest BCUT2D eigenvalue weighted by Crippen LogP contribution is -2.44. The van der Waals surface area contributed by atoms with Crippen LogP contribution in [0.25, 0.3) is 0 Å². The summed E-state index contributed by atoms with van der Waals surface area (Å²) < 4.78 is 0. The Morgan fingerprint density at radius 1 is 1.47 bits per heavy atom. The van der Waals surface area contributed by atoms with Gasteiger partial charge in [-0.05, 0) is 20.3 Å². The van der Waals surface area contributed by atoms with Crippen molar-refractivity contribution >= 4 is 23.6 Å². The molecule has 2 unspecified atom stereocenters. The fourth-order valence-corrected chi connectivity index (χ4v) is 3.36. The van der Waals surface area contributed by atoms with Crippen molar-refractivity contribution in [2.24, 2.45) is 0 Å². The van der Waals surface area contributed by atoms with Gasteiger partial charge in [0.1, 0.15) is 6.04 Å². The van der Waals surface area contributed by atoms with Crippen molar-refractivity contribution in [3.8, 4) is 0 Å². The summed E-state index contributed by atoms with van der Waals surface area (Å²) in [6.45, 7) is 5.72. The molecule has 96 valence electrons. The highest BCUT2D eigenvalue weighted by molar-refractivity contribution is 8.00. The van der Waals surface area contributed by atoms with Crippen LogP contribution >= 0.6 is 11.8 Å². The standard InChI is InChI=1S/C12H19NO3S/c1-4-5-11-13(10(14)6-8(2)3)9(7-17-11)12(15)16/h6,9,11H,4-5,7H2,1-3H3,(H,15,16). The normalized spacial score (nSPS) is 23.6. The number of carboxylic acid groups (broad SMARTS) is 1. The Morgan fingerprint density at radius 3 is 2.59 bits per heavy atom. The Kier molecular flexibility index (Phi) is 5.05. The zero-order chi connectivity index (χ0) is 13.0. The Hall–Kier alpha value is -0.970. The topological polar surface area (TPSA) is 57.6 Å². The van der Waals surface area contributed by atoms with Crippen LogP contribution in [0.5, 0.6) is 0 Å². The molecule has 1 amide bonds. The molecule has 1 aliphatic rings. The quantitative estimate of drug-likeness (QED) is 0.784. The third-order valence-electron chi connectivity index (χ3n) is 2.58. The molecule has 1 rings (SSSR count). The van der Waals surface area contributed by atoms with Gasteiger partial charge < -0.3 is 10.0 Å². The van der Waals surface area contributed by atoms with E-state index >= 15 is 0 Å². The van der Waals surface area contributed by atoms with E-state index in [9.17, 15) is 9.59 Å². The first-order valence-electron chi connectivity index (χ1n) is 5.79. The van der Waals surface area contributed by atoms with E-state index in [1.807, 2.05) is 20.8 Å². The lowest BCUT2D eigenvalue weighted by atomic mass is 10.2. The van der Waals surface area contributed by atoms with Crippen LogP contribution in [0.2, 0.25) is 0 Å². The van der Waals surface area contributed by atoms with E-state index in [0.29, 0.717) is 5.75 Å². The van der Waals surface area contributed by atoms with E-state index in [1.165, 1.54) is 11.0 Å². The van der Waals surface area contributed by atoms with Gasteiger partial charge in [-0.1, -0.05) is 18.9 Å². The second-order valence-electron chi connectivity index (χ2n) is 4.40. The summed E-state index contributed by atoms with van der Waals surface area (Å²) in [7, 11) is 0. The number of carbonyl (C=O) groups is 2. The maximum atomic E-state index is 12.0. The lowest BCUT2D eigenvalue weighted by molar-refractivity contribution is -0.147. The number of thioether (sulfide) groups is 1. The SMILES string of the molecule is CCCC1SCC(C(=O)O)N1C(=O)C=C(C)C. The van der Waals surface area contributed by atoms with Crippen LogP contribution < -0.4 is 0 Å². The van der Waals surface area contributed by atoms with Crippen molar-refractivity contribution < 1.29 is 14.7 Å². The average molecular weight is 257 g/mol. The number of carbonyl (C=O) groups excluding carboxylic acids is 1. The largest absolute Gasteiger partial charge is 0.480 e. The molecule has 4 nitrogen and oxygen atoms in total.